The Hall–Kier alpha value is -1.84. The third-order valence-electron chi connectivity index (χ3n) is 2.81. The molecule has 0 radical (unpaired) electrons. The molecule has 7 nitrogen and oxygen atoms in total. The van der Waals surface area contributed by atoms with E-state index < -0.39 is 5.97 Å². The van der Waals surface area contributed by atoms with E-state index in [-0.39, 0.29) is 12.3 Å². The molecule has 0 aliphatic rings. The summed E-state index contributed by atoms with van der Waals surface area (Å²) in [7, 11) is 1.56. The predicted molar refractivity (Wildman–Crippen MR) is 88.2 cm³/mol. The lowest BCUT2D eigenvalue weighted by atomic mass is 10.1. The van der Waals surface area contributed by atoms with Crippen molar-refractivity contribution in [3.8, 4) is 22.8 Å². The van der Waals surface area contributed by atoms with Crippen molar-refractivity contribution in [1.82, 2.24) is 15.4 Å². The Balaban J connectivity index is 2.48. The number of nitrogens with one attached hydrogen (secondary N) is 1. The monoisotopic (exact) mass is 417 g/mol. The zero-order valence-corrected chi connectivity index (χ0v) is 14.6. The predicted octanol–water partition coefficient (Wildman–Crippen LogP) is 2.66. The van der Waals surface area contributed by atoms with Crippen molar-refractivity contribution in [3.63, 3.8) is 0 Å². The lowest BCUT2D eigenvalue weighted by Gasteiger charge is -2.12. The van der Waals surface area contributed by atoms with Gasteiger partial charge in [-0.15, -0.1) is 5.10 Å². The summed E-state index contributed by atoms with van der Waals surface area (Å²) in [6.45, 7) is 4.44. The molecule has 0 bridgehead atoms. The van der Waals surface area contributed by atoms with Crippen LogP contribution in [0.1, 0.15) is 24.3 Å². The number of ether oxygens (including phenoxy) is 3. The largest absolute Gasteiger partial charge is 0.493 e. The molecule has 2 aromatic rings. The number of methoxy groups -OCH3 is 1. The molecule has 0 saturated heterocycles. The number of hydrogen-bond donors (Lipinski definition) is 1. The van der Waals surface area contributed by atoms with Gasteiger partial charge in [0.15, 0.2) is 17.2 Å². The van der Waals surface area contributed by atoms with Crippen LogP contribution in [-0.2, 0) is 4.74 Å². The second kappa shape index (κ2) is 7.43. The minimum Gasteiger partial charge on any atom is -0.493 e. The smallest absolute Gasteiger partial charge is 0.361 e. The molecule has 0 fully saturated rings. The molecule has 118 valence electrons. The van der Waals surface area contributed by atoms with Crippen molar-refractivity contribution in [2.75, 3.05) is 20.3 Å². The van der Waals surface area contributed by atoms with E-state index in [9.17, 15) is 4.79 Å². The summed E-state index contributed by atoms with van der Waals surface area (Å²) < 4.78 is 16.8. The van der Waals surface area contributed by atoms with Crippen LogP contribution in [0.5, 0.6) is 11.5 Å². The van der Waals surface area contributed by atoms with E-state index in [2.05, 4.69) is 38.0 Å². The van der Waals surface area contributed by atoms with Crippen LogP contribution in [-0.4, -0.2) is 41.7 Å². The Morgan fingerprint density at radius 1 is 1.27 bits per heavy atom. The SMILES string of the molecule is CCOC(=O)c1n[nH]nc1-c1cc(I)c(OCC)c(OC)c1. The molecule has 0 unspecified atom stereocenters. The molecule has 0 atom stereocenters. The van der Waals surface area contributed by atoms with Crippen molar-refractivity contribution in [3.05, 3.63) is 21.4 Å². The highest BCUT2D eigenvalue weighted by Gasteiger charge is 2.21. The average Bonchev–Trinajstić information content (AvgIpc) is 2.99. The number of nitrogens with zero attached hydrogens (tertiary/aromatic N) is 2. The van der Waals surface area contributed by atoms with Gasteiger partial charge in [0.2, 0.25) is 0 Å². The summed E-state index contributed by atoms with van der Waals surface area (Å²) in [6, 6.07) is 3.61. The Bertz CT molecular complexity index is 672. The first-order chi connectivity index (χ1) is 10.6. The topological polar surface area (TPSA) is 86.3 Å². The Labute approximate surface area is 141 Å². The zero-order chi connectivity index (χ0) is 16.1. The lowest BCUT2D eigenvalue weighted by Crippen LogP contribution is -2.07. The van der Waals surface area contributed by atoms with Crippen LogP contribution >= 0.6 is 22.6 Å². The van der Waals surface area contributed by atoms with E-state index >= 15 is 0 Å². The van der Waals surface area contributed by atoms with Crippen LogP contribution in [0, 0.1) is 3.57 Å². The minimum atomic E-state index is -0.519. The van der Waals surface area contributed by atoms with Gasteiger partial charge in [-0.3, -0.25) is 0 Å². The summed E-state index contributed by atoms with van der Waals surface area (Å²) in [5.41, 5.74) is 1.25. The normalized spacial score (nSPS) is 10.4. The Morgan fingerprint density at radius 3 is 2.68 bits per heavy atom. The maximum atomic E-state index is 11.9. The molecule has 0 aliphatic carbocycles. The van der Waals surface area contributed by atoms with E-state index in [0.717, 1.165) is 3.57 Å². The van der Waals surface area contributed by atoms with Gasteiger partial charge in [0.25, 0.3) is 0 Å². The number of H-pyrrole nitrogens is 1. The van der Waals surface area contributed by atoms with Gasteiger partial charge in [-0.05, 0) is 48.6 Å². The van der Waals surface area contributed by atoms with Gasteiger partial charge < -0.3 is 14.2 Å². The molecular formula is C14H16IN3O4. The number of halogens is 1. The van der Waals surface area contributed by atoms with E-state index in [0.29, 0.717) is 29.4 Å². The van der Waals surface area contributed by atoms with Crippen LogP contribution in [0.2, 0.25) is 0 Å². The number of rotatable bonds is 6. The number of carbonyl (C=O) groups excluding carboxylic acids is 1. The van der Waals surface area contributed by atoms with Gasteiger partial charge in [0, 0.05) is 5.56 Å². The number of aromatic nitrogens is 3. The van der Waals surface area contributed by atoms with E-state index in [4.69, 9.17) is 14.2 Å². The van der Waals surface area contributed by atoms with Crippen LogP contribution in [0.15, 0.2) is 12.1 Å². The number of esters is 1. The summed E-state index contributed by atoms with van der Waals surface area (Å²) >= 11 is 2.15. The third-order valence-corrected chi connectivity index (χ3v) is 3.61. The molecule has 1 aromatic carbocycles. The second-order valence-electron chi connectivity index (χ2n) is 4.16. The first kappa shape index (κ1) is 16.5. The molecule has 1 aromatic heterocycles. The van der Waals surface area contributed by atoms with Gasteiger partial charge in [-0.25, -0.2) is 4.79 Å². The highest BCUT2D eigenvalue weighted by atomic mass is 127. The average molecular weight is 417 g/mol. The van der Waals surface area contributed by atoms with Crippen molar-refractivity contribution in [2.45, 2.75) is 13.8 Å². The first-order valence-corrected chi connectivity index (χ1v) is 7.78. The van der Waals surface area contributed by atoms with E-state index in [1.807, 2.05) is 13.0 Å². The fourth-order valence-corrected chi connectivity index (χ4v) is 2.67. The van der Waals surface area contributed by atoms with Crippen LogP contribution in [0.3, 0.4) is 0 Å². The molecule has 0 spiro atoms. The summed E-state index contributed by atoms with van der Waals surface area (Å²) in [5, 5.41) is 10.4. The summed E-state index contributed by atoms with van der Waals surface area (Å²) in [5.74, 6) is 0.714. The summed E-state index contributed by atoms with van der Waals surface area (Å²) in [6.07, 6.45) is 0. The quantitative estimate of drug-likeness (QED) is 0.575. The van der Waals surface area contributed by atoms with Gasteiger partial charge in [-0.1, -0.05) is 0 Å². The van der Waals surface area contributed by atoms with Crippen molar-refractivity contribution in [2.24, 2.45) is 0 Å². The molecule has 0 aliphatic heterocycles. The van der Waals surface area contributed by atoms with Crippen LogP contribution in [0.4, 0.5) is 0 Å². The third kappa shape index (κ3) is 3.32. The highest BCUT2D eigenvalue weighted by Crippen LogP contribution is 2.37. The number of carbonyl (C=O) groups is 1. The fourth-order valence-electron chi connectivity index (χ4n) is 1.91. The number of aromatic amines is 1. The molecule has 0 saturated carbocycles. The maximum Gasteiger partial charge on any atom is 0.361 e. The molecule has 22 heavy (non-hydrogen) atoms. The second-order valence-corrected chi connectivity index (χ2v) is 5.33. The Morgan fingerprint density at radius 2 is 2.05 bits per heavy atom. The summed E-state index contributed by atoms with van der Waals surface area (Å²) in [4.78, 5) is 11.9. The molecule has 1 N–H and O–H groups in total. The van der Waals surface area contributed by atoms with Gasteiger partial charge in [0.05, 0.1) is 23.9 Å². The first-order valence-electron chi connectivity index (χ1n) is 6.70. The lowest BCUT2D eigenvalue weighted by molar-refractivity contribution is 0.0520. The van der Waals surface area contributed by atoms with Crippen molar-refractivity contribution in [1.29, 1.82) is 0 Å². The van der Waals surface area contributed by atoms with Gasteiger partial charge >= 0.3 is 5.97 Å². The highest BCUT2D eigenvalue weighted by molar-refractivity contribution is 14.1. The van der Waals surface area contributed by atoms with Crippen molar-refractivity contribution < 1.29 is 19.0 Å². The minimum absolute atomic E-state index is 0.142. The van der Waals surface area contributed by atoms with Gasteiger partial charge in [-0.2, -0.15) is 10.3 Å². The van der Waals surface area contributed by atoms with Crippen molar-refractivity contribution >= 4 is 28.6 Å². The number of hydrogen-bond acceptors (Lipinski definition) is 6. The molecule has 0 amide bonds. The number of benzene rings is 1. The molecule has 8 heteroatoms. The van der Waals surface area contributed by atoms with Crippen LogP contribution < -0.4 is 9.47 Å². The Kier molecular flexibility index (Phi) is 5.58. The van der Waals surface area contributed by atoms with E-state index in [1.165, 1.54) is 0 Å². The van der Waals surface area contributed by atoms with Crippen LogP contribution in [0.25, 0.3) is 11.3 Å². The molecular weight excluding hydrogens is 401 g/mol. The van der Waals surface area contributed by atoms with E-state index in [1.54, 1.807) is 20.1 Å². The maximum absolute atomic E-state index is 11.9. The fraction of sp³-hybridized carbons (Fsp3) is 0.357. The standard InChI is InChI=1S/C14H16IN3O4/c1-4-21-13-9(15)6-8(7-10(13)20-3)11-12(17-18-16-11)14(19)22-5-2/h6-7H,4-5H2,1-3H3,(H,16,17,18). The molecule has 2 rings (SSSR count). The van der Waals surface area contributed by atoms with Gasteiger partial charge in [0.1, 0.15) is 5.69 Å². The zero-order valence-electron chi connectivity index (χ0n) is 12.5. The molecule has 1 heterocycles.